The van der Waals surface area contributed by atoms with Crippen molar-refractivity contribution in [2.75, 3.05) is 0 Å². The van der Waals surface area contributed by atoms with Gasteiger partial charge >= 0.3 is 0 Å². The summed E-state index contributed by atoms with van der Waals surface area (Å²) in [6.45, 7) is 3.69. The Labute approximate surface area is 72.3 Å². The van der Waals surface area contributed by atoms with E-state index in [0.29, 0.717) is 6.42 Å². The number of halogens is 2. The summed E-state index contributed by atoms with van der Waals surface area (Å²) in [5, 5.41) is 0. The minimum Gasteiger partial charge on any atom is -0.320 e. The van der Waals surface area contributed by atoms with Crippen molar-refractivity contribution < 1.29 is 8.78 Å². The summed E-state index contributed by atoms with van der Waals surface area (Å²) in [5.41, 5.74) is 4.05. The van der Waals surface area contributed by atoms with Crippen molar-refractivity contribution in [2.45, 2.75) is 51.5 Å². The van der Waals surface area contributed by atoms with E-state index in [1.54, 1.807) is 0 Å². The van der Waals surface area contributed by atoms with Crippen molar-refractivity contribution >= 4 is 0 Å². The van der Waals surface area contributed by atoms with Gasteiger partial charge in [0.15, 0.2) is 0 Å². The minimum atomic E-state index is -2.40. The fourth-order valence-electron chi connectivity index (χ4n) is 1.96. The molecule has 1 atom stereocenters. The van der Waals surface area contributed by atoms with Gasteiger partial charge in [-0.05, 0) is 18.3 Å². The fraction of sp³-hybridized carbons (Fsp3) is 1.00. The molecule has 12 heavy (non-hydrogen) atoms. The second-order valence-electron chi connectivity index (χ2n) is 4.43. The summed E-state index contributed by atoms with van der Waals surface area (Å²) in [7, 11) is 0. The maximum absolute atomic E-state index is 12.7. The molecule has 3 heteroatoms. The first kappa shape index (κ1) is 9.90. The molecule has 1 unspecified atom stereocenters. The van der Waals surface area contributed by atoms with Gasteiger partial charge in [0.2, 0.25) is 0 Å². The first-order valence-electron chi connectivity index (χ1n) is 4.47. The maximum atomic E-state index is 12.7. The molecule has 2 N–H and O–H groups in total. The van der Waals surface area contributed by atoms with Crippen LogP contribution in [-0.2, 0) is 0 Å². The van der Waals surface area contributed by atoms with Gasteiger partial charge in [-0.25, -0.2) is 8.78 Å². The molecule has 1 fully saturated rings. The van der Waals surface area contributed by atoms with Crippen LogP contribution >= 0.6 is 0 Å². The van der Waals surface area contributed by atoms with Crippen molar-refractivity contribution in [3.05, 3.63) is 0 Å². The zero-order valence-electron chi connectivity index (χ0n) is 7.74. The Morgan fingerprint density at radius 3 is 2.00 bits per heavy atom. The van der Waals surface area contributed by atoms with Crippen LogP contribution in [0.1, 0.15) is 39.5 Å². The lowest BCUT2D eigenvalue weighted by Crippen LogP contribution is -2.59. The molecule has 0 aromatic carbocycles. The monoisotopic (exact) mass is 177 g/mol. The van der Waals surface area contributed by atoms with Gasteiger partial charge in [-0.15, -0.1) is 0 Å². The Bertz CT molecular complexity index is 168. The normalized spacial score (nSPS) is 35.5. The van der Waals surface area contributed by atoms with E-state index in [0.717, 1.165) is 19.3 Å². The SMILES string of the molecule is CC1(C)CCCCC1(N)C(F)F. The van der Waals surface area contributed by atoms with Crippen LogP contribution in [0.3, 0.4) is 0 Å². The highest BCUT2D eigenvalue weighted by atomic mass is 19.3. The quantitative estimate of drug-likeness (QED) is 0.654. The summed E-state index contributed by atoms with van der Waals surface area (Å²) >= 11 is 0. The van der Waals surface area contributed by atoms with Gasteiger partial charge in [0.25, 0.3) is 6.43 Å². The van der Waals surface area contributed by atoms with Crippen molar-refractivity contribution in [3.63, 3.8) is 0 Å². The van der Waals surface area contributed by atoms with Crippen LogP contribution in [0.5, 0.6) is 0 Å². The van der Waals surface area contributed by atoms with Crippen LogP contribution in [0, 0.1) is 5.41 Å². The molecule has 0 aromatic heterocycles. The third kappa shape index (κ3) is 1.35. The van der Waals surface area contributed by atoms with E-state index in [9.17, 15) is 8.78 Å². The van der Waals surface area contributed by atoms with Crippen LogP contribution in [0.15, 0.2) is 0 Å². The number of alkyl halides is 2. The fourth-order valence-corrected chi connectivity index (χ4v) is 1.96. The first-order chi connectivity index (χ1) is 5.40. The molecule has 1 aliphatic rings. The third-order valence-electron chi connectivity index (χ3n) is 3.29. The summed E-state index contributed by atoms with van der Waals surface area (Å²) in [5.74, 6) is 0. The lowest BCUT2D eigenvalue weighted by atomic mass is 9.64. The van der Waals surface area contributed by atoms with E-state index in [2.05, 4.69) is 0 Å². The number of nitrogens with two attached hydrogens (primary N) is 1. The zero-order valence-corrected chi connectivity index (χ0v) is 7.74. The summed E-state index contributed by atoms with van der Waals surface area (Å²) < 4.78 is 25.4. The third-order valence-corrected chi connectivity index (χ3v) is 3.29. The van der Waals surface area contributed by atoms with E-state index < -0.39 is 17.4 Å². The first-order valence-corrected chi connectivity index (χ1v) is 4.47. The summed E-state index contributed by atoms with van der Waals surface area (Å²) in [4.78, 5) is 0. The molecular weight excluding hydrogens is 160 g/mol. The predicted octanol–water partition coefficient (Wildman–Crippen LogP) is 2.55. The van der Waals surface area contributed by atoms with Gasteiger partial charge < -0.3 is 5.73 Å². The lowest BCUT2D eigenvalue weighted by Gasteiger charge is -2.47. The maximum Gasteiger partial charge on any atom is 0.256 e. The van der Waals surface area contributed by atoms with E-state index >= 15 is 0 Å². The van der Waals surface area contributed by atoms with Crippen molar-refractivity contribution in [3.8, 4) is 0 Å². The van der Waals surface area contributed by atoms with E-state index in [4.69, 9.17) is 5.73 Å². The minimum absolute atomic E-state index is 0.417. The van der Waals surface area contributed by atoms with Crippen molar-refractivity contribution in [1.29, 1.82) is 0 Å². The lowest BCUT2D eigenvalue weighted by molar-refractivity contribution is -0.0434. The zero-order chi connectivity index (χ0) is 9.41. The van der Waals surface area contributed by atoms with E-state index in [1.165, 1.54) is 0 Å². The molecule has 72 valence electrons. The Kier molecular flexibility index (Phi) is 2.43. The van der Waals surface area contributed by atoms with Crippen molar-refractivity contribution in [2.24, 2.45) is 11.1 Å². The Hall–Kier alpha value is -0.180. The molecule has 0 aliphatic heterocycles. The Balaban J connectivity index is 2.84. The van der Waals surface area contributed by atoms with Crippen LogP contribution in [0.25, 0.3) is 0 Å². The highest BCUT2D eigenvalue weighted by Crippen LogP contribution is 2.45. The summed E-state index contributed by atoms with van der Waals surface area (Å²) in [6, 6.07) is 0. The molecule has 0 spiro atoms. The molecule has 0 aromatic rings. The smallest absolute Gasteiger partial charge is 0.256 e. The molecule has 1 rings (SSSR count). The molecule has 0 heterocycles. The summed E-state index contributed by atoms with van der Waals surface area (Å²) in [6.07, 6.45) is 0.738. The largest absolute Gasteiger partial charge is 0.320 e. The van der Waals surface area contributed by atoms with Crippen LogP contribution in [0.4, 0.5) is 8.78 Å². The number of hydrogen-bond donors (Lipinski definition) is 1. The van der Waals surface area contributed by atoms with Crippen LogP contribution < -0.4 is 5.73 Å². The molecule has 0 bridgehead atoms. The molecular formula is C9H17F2N. The standard InChI is InChI=1S/C9H17F2N/c1-8(2)5-3-4-6-9(8,12)7(10)11/h7H,3-6,12H2,1-2H3. The molecule has 0 radical (unpaired) electrons. The number of hydrogen-bond acceptors (Lipinski definition) is 1. The second-order valence-corrected chi connectivity index (χ2v) is 4.43. The van der Waals surface area contributed by atoms with Crippen molar-refractivity contribution in [1.82, 2.24) is 0 Å². The molecule has 1 nitrogen and oxygen atoms in total. The molecule has 1 saturated carbocycles. The van der Waals surface area contributed by atoms with E-state index in [-0.39, 0.29) is 0 Å². The van der Waals surface area contributed by atoms with Gasteiger partial charge in [-0.3, -0.25) is 0 Å². The van der Waals surface area contributed by atoms with Crippen LogP contribution in [0.2, 0.25) is 0 Å². The Morgan fingerprint density at radius 2 is 1.67 bits per heavy atom. The van der Waals surface area contributed by atoms with Gasteiger partial charge in [0, 0.05) is 0 Å². The highest BCUT2D eigenvalue weighted by molar-refractivity contribution is 5.02. The van der Waals surface area contributed by atoms with Gasteiger partial charge in [0.1, 0.15) is 0 Å². The van der Waals surface area contributed by atoms with Gasteiger partial charge in [0.05, 0.1) is 5.54 Å². The van der Waals surface area contributed by atoms with Gasteiger partial charge in [-0.1, -0.05) is 26.7 Å². The van der Waals surface area contributed by atoms with Crippen LogP contribution in [-0.4, -0.2) is 12.0 Å². The average molecular weight is 177 g/mol. The molecule has 1 aliphatic carbocycles. The molecule has 0 saturated heterocycles. The predicted molar refractivity (Wildman–Crippen MR) is 45.2 cm³/mol. The highest BCUT2D eigenvalue weighted by Gasteiger charge is 2.49. The van der Waals surface area contributed by atoms with Gasteiger partial charge in [-0.2, -0.15) is 0 Å². The Morgan fingerprint density at radius 1 is 1.17 bits per heavy atom. The molecule has 0 amide bonds. The number of rotatable bonds is 1. The van der Waals surface area contributed by atoms with E-state index in [1.807, 2.05) is 13.8 Å². The average Bonchev–Trinajstić information content (AvgIpc) is 1.95. The topological polar surface area (TPSA) is 26.0 Å². The second kappa shape index (κ2) is 2.95.